The fourth-order valence-corrected chi connectivity index (χ4v) is 2.75. The third-order valence-corrected chi connectivity index (χ3v) is 3.95. The Morgan fingerprint density at radius 1 is 0.885 bits per heavy atom. The number of hydrogen-bond donors (Lipinski definition) is 2. The first kappa shape index (κ1) is 17.7. The van der Waals surface area contributed by atoms with Gasteiger partial charge in [-0.3, -0.25) is 0 Å². The summed E-state index contributed by atoms with van der Waals surface area (Å²) in [5.41, 5.74) is 4.02. The van der Waals surface area contributed by atoms with E-state index >= 15 is 0 Å². The topological polar surface area (TPSA) is 59.1 Å². The van der Waals surface area contributed by atoms with E-state index in [1.165, 1.54) is 5.56 Å². The molecule has 0 aliphatic heterocycles. The van der Waals surface area contributed by atoms with Gasteiger partial charge in [-0.25, -0.2) is 4.98 Å². The summed E-state index contributed by atoms with van der Waals surface area (Å²) in [6.45, 7) is 6.67. The Labute approximate surface area is 154 Å². The molecule has 0 atom stereocenters. The van der Waals surface area contributed by atoms with Crippen LogP contribution in [0.2, 0.25) is 0 Å². The summed E-state index contributed by atoms with van der Waals surface area (Å²) in [5, 5.41) is 6.67. The molecule has 2 aromatic carbocycles. The average molecular weight is 348 g/mol. The standard InChI is InChI=1S/C21H24N4O/c1-4-16-10-6-7-11-17(16)24-21-22-15(3)14-20(25-21)23-18-12-8-9-13-19(18)26-5-2/h6-14H,4-5H2,1-3H3,(H2,22,23,24,25). The molecule has 0 saturated heterocycles. The second kappa shape index (κ2) is 8.34. The van der Waals surface area contributed by atoms with Gasteiger partial charge < -0.3 is 15.4 Å². The van der Waals surface area contributed by atoms with E-state index < -0.39 is 0 Å². The number of benzene rings is 2. The molecule has 0 aliphatic rings. The molecule has 1 heterocycles. The van der Waals surface area contributed by atoms with E-state index in [1.807, 2.05) is 62.4 Å². The van der Waals surface area contributed by atoms with Gasteiger partial charge in [0.2, 0.25) is 5.95 Å². The van der Waals surface area contributed by atoms with Gasteiger partial charge in [0.15, 0.2) is 0 Å². The minimum absolute atomic E-state index is 0.572. The van der Waals surface area contributed by atoms with E-state index in [2.05, 4.69) is 33.6 Å². The maximum Gasteiger partial charge on any atom is 0.229 e. The molecule has 26 heavy (non-hydrogen) atoms. The third kappa shape index (κ3) is 4.30. The highest BCUT2D eigenvalue weighted by Gasteiger charge is 2.08. The molecule has 5 nitrogen and oxygen atoms in total. The zero-order valence-corrected chi connectivity index (χ0v) is 15.4. The lowest BCUT2D eigenvalue weighted by Crippen LogP contribution is -2.04. The van der Waals surface area contributed by atoms with Gasteiger partial charge in [0.1, 0.15) is 11.6 Å². The van der Waals surface area contributed by atoms with Crippen molar-refractivity contribution in [1.82, 2.24) is 9.97 Å². The fourth-order valence-electron chi connectivity index (χ4n) is 2.75. The van der Waals surface area contributed by atoms with E-state index in [9.17, 15) is 0 Å². The molecule has 0 amide bonds. The molecule has 0 radical (unpaired) electrons. The van der Waals surface area contributed by atoms with E-state index in [0.717, 1.165) is 35.1 Å². The highest BCUT2D eigenvalue weighted by molar-refractivity contribution is 5.66. The van der Waals surface area contributed by atoms with Crippen molar-refractivity contribution in [2.24, 2.45) is 0 Å². The Kier molecular flexibility index (Phi) is 5.69. The van der Waals surface area contributed by atoms with Crippen molar-refractivity contribution in [2.75, 3.05) is 17.2 Å². The summed E-state index contributed by atoms with van der Waals surface area (Å²) in [6, 6.07) is 18.0. The number of rotatable bonds is 7. The monoisotopic (exact) mass is 348 g/mol. The summed E-state index contributed by atoms with van der Waals surface area (Å²) in [7, 11) is 0. The average Bonchev–Trinajstić information content (AvgIpc) is 2.63. The van der Waals surface area contributed by atoms with E-state index in [4.69, 9.17) is 4.74 Å². The number of ether oxygens (including phenoxy) is 1. The van der Waals surface area contributed by atoms with Crippen molar-refractivity contribution in [1.29, 1.82) is 0 Å². The maximum absolute atomic E-state index is 5.67. The summed E-state index contributed by atoms with van der Waals surface area (Å²) in [5.74, 6) is 2.10. The molecule has 0 fully saturated rings. The Morgan fingerprint density at radius 2 is 1.62 bits per heavy atom. The molecular weight excluding hydrogens is 324 g/mol. The lowest BCUT2D eigenvalue weighted by molar-refractivity contribution is 0.342. The molecule has 0 saturated carbocycles. The van der Waals surface area contributed by atoms with Gasteiger partial charge in [-0.1, -0.05) is 37.3 Å². The van der Waals surface area contributed by atoms with E-state index in [-0.39, 0.29) is 0 Å². The Hall–Kier alpha value is -3.08. The van der Waals surface area contributed by atoms with Gasteiger partial charge in [0.05, 0.1) is 12.3 Å². The van der Waals surface area contributed by atoms with E-state index in [1.54, 1.807) is 0 Å². The second-order valence-electron chi connectivity index (χ2n) is 5.91. The lowest BCUT2D eigenvalue weighted by Gasteiger charge is -2.14. The molecule has 0 bridgehead atoms. The van der Waals surface area contributed by atoms with E-state index in [0.29, 0.717) is 12.6 Å². The van der Waals surface area contributed by atoms with Crippen LogP contribution in [0.15, 0.2) is 54.6 Å². The SMILES string of the molecule is CCOc1ccccc1Nc1cc(C)nc(Nc2ccccc2CC)n1. The van der Waals surface area contributed by atoms with Gasteiger partial charge in [-0.2, -0.15) is 4.98 Å². The van der Waals surface area contributed by atoms with Gasteiger partial charge in [-0.15, -0.1) is 0 Å². The molecule has 3 rings (SSSR count). The second-order valence-corrected chi connectivity index (χ2v) is 5.91. The first-order valence-corrected chi connectivity index (χ1v) is 8.89. The predicted molar refractivity (Wildman–Crippen MR) is 107 cm³/mol. The summed E-state index contributed by atoms with van der Waals surface area (Å²) < 4.78 is 5.67. The van der Waals surface area contributed by atoms with Crippen molar-refractivity contribution < 1.29 is 4.74 Å². The summed E-state index contributed by atoms with van der Waals surface area (Å²) in [6.07, 6.45) is 0.946. The van der Waals surface area contributed by atoms with Crippen LogP contribution in [0.1, 0.15) is 25.1 Å². The first-order chi connectivity index (χ1) is 12.7. The molecule has 5 heteroatoms. The van der Waals surface area contributed by atoms with Crippen LogP contribution >= 0.6 is 0 Å². The van der Waals surface area contributed by atoms with Crippen LogP contribution in [0.5, 0.6) is 5.75 Å². The molecule has 134 valence electrons. The molecular formula is C21H24N4O. The highest BCUT2D eigenvalue weighted by atomic mass is 16.5. The van der Waals surface area contributed by atoms with Gasteiger partial charge in [-0.05, 0) is 44.0 Å². The molecule has 3 aromatic rings. The Balaban J connectivity index is 1.86. The van der Waals surface area contributed by atoms with Crippen molar-refractivity contribution in [3.05, 3.63) is 65.9 Å². The normalized spacial score (nSPS) is 10.4. The zero-order valence-electron chi connectivity index (χ0n) is 15.4. The number of aromatic nitrogens is 2. The van der Waals surface area contributed by atoms with Crippen molar-refractivity contribution in [2.45, 2.75) is 27.2 Å². The highest BCUT2D eigenvalue weighted by Crippen LogP contribution is 2.28. The minimum Gasteiger partial charge on any atom is -0.492 e. The maximum atomic E-state index is 5.67. The minimum atomic E-state index is 0.572. The third-order valence-electron chi connectivity index (χ3n) is 3.95. The van der Waals surface area contributed by atoms with Crippen LogP contribution < -0.4 is 15.4 Å². The number of hydrogen-bond acceptors (Lipinski definition) is 5. The summed E-state index contributed by atoms with van der Waals surface area (Å²) >= 11 is 0. The predicted octanol–water partition coefficient (Wildman–Crippen LogP) is 5.23. The van der Waals surface area contributed by atoms with Gasteiger partial charge >= 0.3 is 0 Å². The number of nitrogens with zero attached hydrogens (tertiary/aromatic N) is 2. The van der Waals surface area contributed by atoms with Crippen LogP contribution in [-0.2, 0) is 6.42 Å². The van der Waals surface area contributed by atoms with Crippen molar-refractivity contribution >= 4 is 23.1 Å². The van der Waals surface area contributed by atoms with Crippen molar-refractivity contribution in [3.8, 4) is 5.75 Å². The number of aryl methyl sites for hydroxylation is 2. The molecule has 2 N–H and O–H groups in total. The van der Waals surface area contributed by atoms with Crippen LogP contribution in [0.3, 0.4) is 0 Å². The molecule has 1 aromatic heterocycles. The molecule has 0 spiro atoms. The Morgan fingerprint density at radius 3 is 2.38 bits per heavy atom. The van der Waals surface area contributed by atoms with Gasteiger partial charge in [0.25, 0.3) is 0 Å². The smallest absolute Gasteiger partial charge is 0.229 e. The number of anilines is 4. The molecule has 0 unspecified atom stereocenters. The molecule has 0 aliphatic carbocycles. The zero-order chi connectivity index (χ0) is 18.4. The van der Waals surface area contributed by atoms with Crippen LogP contribution in [0, 0.1) is 6.92 Å². The Bertz CT molecular complexity index is 879. The largest absolute Gasteiger partial charge is 0.492 e. The fraction of sp³-hybridized carbons (Fsp3) is 0.238. The van der Waals surface area contributed by atoms with Crippen LogP contribution in [0.4, 0.5) is 23.1 Å². The first-order valence-electron chi connectivity index (χ1n) is 8.89. The summed E-state index contributed by atoms with van der Waals surface area (Å²) in [4.78, 5) is 9.12. The number of nitrogens with one attached hydrogen (secondary N) is 2. The van der Waals surface area contributed by atoms with Crippen molar-refractivity contribution in [3.63, 3.8) is 0 Å². The van der Waals surface area contributed by atoms with Gasteiger partial charge in [0, 0.05) is 17.4 Å². The van der Waals surface area contributed by atoms with Crippen LogP contribution in [0.25, 0.3) is 0 Å². The van der Waals surface area contributed by atoms with Crippen LogP contribution in [-0.4, -0.2) is 16.6 Å². The number of para-hydroxylation sites is 3. The lowest BCUT2D eigenvalue weighted by atomic mass is 10.1. The quantitative estimate of drug-likeness (QED) is 0.612.